The molecule has 10 nitrogen and oxygen atoms in total. The molecule has 0 aromatic heterocycles. The number of rotatable bonds is 10. The molecule has 0 bridgehead atoms. The van der Waals surface area contributed by atoms with E-state index in [1.165, 1.54) is 11.3 Å². The molecule has 0 aliphatic rings. The lowest BCUT2D eigenvalue weighted by molar-refractivity contribution is 0.143. The third-order valence-corrected chi connectivity index (χ3v) is 7.49. The molecule has 0 radical (unpaired) electrons. The van der Waals surface area contributed by atoms with Crippen molar-refractivity contribution in [2.24, 2.45) is 16.6 Å². The van der Waals surface area contributed by atoms with Crippen LogP contribution in [0.4, 0.5) is 21.0 Å². The van der Waals surface area contributed by atoms with Gasteiger partial charge in [0.15, 0.2) is 9.84 Å². The summed E-state index contributed by atoms with van der Waals surface area (Å²) in [5.74, 6) is 0.151. The van der Waals surface area contributed by atoms with Gasteiger partial charge >= 0.3 is 12.1 Å². The van der Waals surface area contributed by atoms with Crippen LogP contribution in [0.5, 0.6) is 0 Å². The van der Waals surface area contributed by atoms with Crippen LogP contribution in [0.15, 0.2) is 113 Å². The van der Waals surface area contributed by atoms with Crippen LogP contribution < -0.4 is 16.5 Å². The average Bonchev–Trinajstić information content (AvgIpc) is 3.00. The summed E-state index contributed by atoms with van der Waals surface area (Å²) < 4.78 is 29.6. The number of hydrazine groups is 1. The number of sulfone groups is 1. The highest BCUT2D eigenvalue weighted by Crippen LogP contribution is 2.28. The number of carbonyl (C=O) groups excluding carboxylic acids is 2. The summed E-state index contributed by atoms with van der Waals surface area (Å²) in [6.07, 6.45) is 0.401. The molecule has 0 unspecified atom stereocenters. The predicted octanol–water partition coefficient (Wildman–Crippen LogP) is 6.32. The minimum absolute atomic E-state index is 0.0148. The van der Waals surface area contributed by atoms with Gasteiger partial charge in [0, 0.05) is 23.1 Å². The van der Waals surface area contributed by atoms with E-state index in [9.17, 15) is 18.0 Å². The van der Waals surface area contributed by atoms with Crippen LogP contribution in [0.1, 0.15) is 25.0 Å². The zero-order chi connectivity index (χ0) is 31.7. The number of amides is 3. The molecule has 0 aliphatic heterocycles. The van der Waals surface area contributed by atoms with Gasteiger partial charge in [0.2, 0.25) is 0 Å². The number of nitrogens with one attached hydrogen (secondary N) is 2. The summed E-state index contributed by atoms with van der Waals surface area (Å²) >= 11 is 0. The molecular weight excluding hydrogens is 578 g/mol. The molecule has 4 aromatic rings. The van der Waals surface area contributed by atoms with Crippen LogP contribution in [0.3, 0.4) is 0 Å². The number of nitrogens with two attached hydrogens (primary N) is 1. The van der Waals surface area contributed by atoms with E-state index in [1.54, 1.807) is 72.8 Å². The second-order valence-corrected chi connectivity index (χ2v) is 12.5. The topological polar surface area (TPSA) is 143 Å². The molecule has 0 fully saturated rings. The molecule has 228 valence electrons. The molecule has 4 N–H and O–H groups in total. The standard InChI is InChI=1S/C33H35N5O5S/c1-23(2)22-43-33(40)36-31(34)26-12-9-13-28(20-26)37-38(21-24-10-5-4-6-11-24)32(39)35-27-18-16-25(17-19-27)29-14-7-8-15-30(29)44(3,41)42/h4-20,23,37H,21-22H2,1-3H3,(H,35,39)(H2,34,36,40). The number of anilines is 2. The highest BCUT2D eigenvalue weighted by molar-refractivity contribution is 7.90. The van der Waals surface area contributed by atoms with Gasteiger partial charge in [-0.15, -0.1) is 0 Å². The smallest absolute Gasteiger partial charge is 0.435 e. The van der Waals surface area contributed by atoms with E-state index in [-0.39, 0.29) is 29.8 Å². The van der Waals surface area contributed by atoms with Gasteiger partial charge in [-0.1, -0.05) is 86.6 Å². The number of urea groups is 1. The Morgan fingerprint density at radius 3 is 2.25 bits per heavy atom. The molecule has 3 amide bonds. The Hall–Kier alpha value is -5.16. The van der Waals surface area contributed by atoms with Crippen molar-refractivity contribution in [2.45, 2.75) is 25.3 Å². The lowest BCUT2D eigenvalue weighted by Gasteiger charge is -2.25. The van der Waals surface area contributed by atoms with Crippen molar-refractivity contribution < 1.29 is 22.7 Å². The van der Waals surface area contributed by atoms with Crippen LogP contribution >= 0.6 is 0 Å². The third-order valence-electron chi connectivity index (χ3n) is 6.34. The summed E-state index contributed by atoms with van der Waals surface area (Å²) in [5.41, 5.74) is 12.9. The third kappa shape index (κ3) is 8.92. The summed E-state index contributed by atoms with van der Waals surface area (Å²) in [6, 6.07) is 29.6. The quantitative estimate of drug-likeness (QED) is 0.108. The lowest BCUT2D eigenvalue weighted by Crippen LogP contribution is -2.39. The van der Waals surface area contributed by atoms with Gasteiger partial charge in [-0.3, -0.25) is 5.43 Å². The van der Waals surface area contributed by atoms with Gasteiger partial charge in [0.1, 0.15) is 5.84 Å². The Morgan fingerprint density at radius 1 is 0.886 bits per heavy atom. The van der Waals surface area contributed by atoms with E-state index in [0.717, 1.165) is 5.56 Å². The number of amidine groups is 1. The van der Waals surface area contributed by atoms with Crippen LogP contribution in [-0.2, 0) is 21.1 Å². The van der Waals surface area contributed by atoms with Crippen molar-refractivity contribution >= 4 is 39.2 Å². The monoisotopic (exact) mass is 613 g/mol. The van der Waals surface area contributed by atoms with Crippen molar-refractivity contribution in [3.05, 3.63) is 114 Å². The Labute approximate surface area is 257 Å². The minimum Gasteiger partial charge on any atom is -0.448 e. The number of aliphatic imine (C=N–C) groups is 1. The maximum absolute atomic E-state index is 13.5. The van der Waals surface area contributed by atoms with Gasteiger partial charge in [0.25, 0.3) is 0 Å². The Kier molecular flexibility index (Phi) is 10.4. The number of carbonyl (C=O) groups is 2. The molecule has 4 rings (SSSR count). The Bertz CT molecular complexity index is 1740. The molecule has 44 heavy (non-hydrogen) atoms. The number of ether oxygens (including phenoxy) is 1. The molecule has 0 saturated heterocycles. The maximum atomic E-state index is 13.5. The number of hydrogen-bond donors (Lipinski definition) is 3. The van der Waals surface area contributed by atoms with Gasteiger partial charge in [0.05, 0.1) is 23.7 Å². The first-order valence-corrected chi connectivity index (χ1v) is 15.8. The highest BCUT2D eigenvalue weighted by atomic mass is 32.2. The van der Waals surface area contributed by atoms with Crippen molar-refractivity contribution in [2.75, 3.05) is 23.6 Å². The van der Waals surface area contributed by atoms with E-state index in [4.69, 9.17) is 10.5 Å². The van der Waals surface area contributed by atoms with Crippen LogP contribution in [0.25, 0.3) is 11.1 Å². The van der Waals surface area contributed by atoms with E-state index in [0.29, 0.717) is 28.1 Å². The lowest BCUT2D eigenvalue weighted by atomic mass is 10.1. The number of hydrogen-bond acceptors (Lipinski definition) is 6. The second kappa shape index (κ2) is 14.3. The van der Waals surface area contributed by atoms with Crippen molar-refractivity contribution in [1.82, 2.24) is 5.01 Å². The SMILES string of the molecule is CC(C)COC(=O)N=C(N)c1cccc(NN(Cc2ccccc2)C(=O)Nc2ccc(-c3ccccc3S(C)(=O)=O)cc2)c1. The van der Waals surface area contributed by atoms with E-state index < -0.39 is 22.0 Å². The fourth-order valence-electron chi connectivity index (χ4n) is 4.22. The summed E-state index contributed by atoms with van der Waals surface area (Å²) in [7, 11) is -3.42. The zero-order valence-electron chi connectivity index (χ0n) is 24.7. The normalized spacial score (nSPS) is 11.6. The van der Waals surface area contributed by atoms with E-state index in [1.807, 2.05) is 44.2 Å². The first kappa shape index (κ1) is 31.8. The van der Waals surface area contributed by atoms with Crippen LogP contribution in [0, 0.1) is 5.92 Å². The molecule has 11 heteroatoms. The zero-order valence-corrected chi connectivity index (χ0v) is 25.5. The van der Waals surface area contributed by atoms with Gasteiger partial charge in [-0.2, -0.15) is 4.99 Å². The largest absolute Gasteiger partial charge is 0.448 e. The fraction of sp³-hybridized carbons (Fsp3) is 0.182. The van der Waals surface area contributed by atoms with Crippen molar-refractivity contribution in [3.8, 4) is 11.1 Å². The van der Waals surface area contributed by atoms with Crippen LogP contribution in [-0.4, -0.2) is 44.2 Å². The number of nitrogens with zero attached hydrogens (tertiary/aromatic N) is 2. The van der Waals surface area contributed by atoms with Crippen molar-refractivity contribution in [3.63, 3.8) is 0 Å². The van der Waals surface area contributed by atoms with Crippen LogP contribution in [0.2, 0.25) is 0 Å². The average molecular weight is 614 g/mol. The van der Waals surface area contributed by atoms with Gasteiger partial charge in [-0.25, -0.2) is 23.0 Å². The van der Waals surface area contributed by atoms with Gasteiger partial charge < -0.3 is 15.8 Å². The summed E-state index contributed by atoms with van der Waals surface area (Å²) in [4.78, 5) is 29.6. The molecule has 0 heterocycles. The van der Waals surface area contributed by atoms with Gasteiger partial charge in [-0.05, 0) is 47.4 Å². The highest BCUT2D eigenvalue weighted by Gasteiger charge is 2.17. The first-order chi connectivity index (χ1) is 21.0. The summed E-state index contributed by atoms with van der Waals surface area (Å²) in [5, 5.41) is 4.30. The van der Waals surface area contributed by atoms with E-state index in [2.05, 4.69) is 15.7 Å². The Balaban J connectivity index is 1.53. The first-order valence-electron chi connectivity index (χ1n) is 13.9. The molecule has 4 aromatic carbocycles. The molecule has 0 saturated carbocycles. The molecule has 0 spiro atoms. The number of benzene rings is 4. The molecule has 0 aliphatic carbocycles. The predicted molar refractivity (Wildman–Crippen MR) is 173 cm³/mol. The second-order valence-electron chi connectivity index (χ2n) is 10.5. The van der Waals surface area contributed by atoms with Crippen molar-refractivity contribution in [1.29, 1.82) is 0 Å². The fourth-order valence-corrected chi connectivity index (χ4v) is 5.13. The van der Waals surface area contributed by atoms with E-state index >= 15 is 0 Å². The maximum Gasteiger partial charge on any atom is 0.435 e. The summed E-state index contributed by atoms with van der Waals surface area (Å²) in [6.45, 7) is 4.30. The Morgan fingerprint density at radius 2 is 1.57 bits per heavy atom. The molecule has 0 atom stereocenters. The minimum atomic E-state index is -3.42. The molecular formula is C33H35N5O5S.